The number of anilines is 1. The number of carbonyl (C=O) groups is 1. The molecule has 8 nitrogen and oxygen atoms in total. The van der Waals surface area contributed by atoms with Crippen molar-refractivity contribution >= 4 is 33.5 Å². The third-order valence-corrected chi connectivity index (χ3v) is 6.59. The van der Waals surface area contributed by atoms with E-state index in [1.54, 1.807) is 18.5 Å². The van der Waals surface area contributed by atoms with Crippen molar-refractivity contribution in [1.29, 1.82) is 0 Å². The molecule has 0 bridgehead atoms. The Labute approximate surface area is 202 Å². The van der Waals surface area contributed by atoms with Crippen LogP contribution in [0.4, 0.5) is 5.82 Å². The number of pyridine rings is 4. The zero-order valence-electron chi connectivity index (χ0n) is 19.5. The van der Waals surface area contributed by atoms with Crippen molar-refractivity contribution < 1.29 is 4.79 Å². The Morgan fingerprint density at radius 3 is 2.54 bits per heavy atom. The molecule has 1 saturated heterocycles. The number of nitrogens with zero attached hydrogens (tertiary/aromatic N) is 6. The van der Waals surface area contributed by atoms with Gasteiger partial charge in [0.1, 0.15) is 5.82 Å². The number of aromatic nitrogens is 5. The zero-order valence-corrected chi connectivity index (χ0v) is 19.5. The zero-order chi connectivity index (χ0) is 23.8. The first-order valence-electron chi connectivity index (χ1n) is 11.7. The second kappa shape index (κ2) is 8.88. The maximum Gasteiger partial charge on any atom is 0.169 e. The Balaban J connectivity index is 1.24. The molecule has 8 heteroatoms. The minimum atomic E-state index is 0.0279. The molecule has 5 aromatic rings. The topological polar surface area (TPSA) is 90.9 Å². The Bertz CT molecular complexity index is 1540. The number of piperazine rings is 1. The maximum absolute atomic E-state index is 13.1. The summed E-state index contributed by atoms with van der Waals surface area (Å²) in [6, 6.07) is 11.7. The van der Waals surface area contributed by atoms with Gasteiger partial charge in [0.25, 0.3) is 0 Å². The molecule has 0 amide bonds. The summed E-state index contributed by atoms with van der Waals surface area (Å²) in [5.74, 6) is 0.886. The summed E-state index contributed by atoms with van der Waals surface area (Å²) in [5.41, 5.74) is 6.04. The summed E-state index contributed by atoms with van der Waals surface area (Å²) in [4.78, 5) is 38.9. The molecule has 1 fully saturated rings. The summed E-state index contributed by atoms with van der Waals surface area (Å²) in [7, 11) is 2.12. The molecular weight excluding hydrogens is 438 g/mol. The first-order valence-corrected chi connectivity index (χ1v) is 11.7. The van der Waals surface area contributed by atoms with Crippen LogP contribution in [0, 0.1) is 0 Å². The van der Waals surface area contributed by atoms with E-state index in [1.165, 1.54) is 0 Å². The van der Waals surface area contributed by atoms with E-state index in [9.17, 15) is 4.79 Å². The summed E-state index contributed by atoms with van der Waals surface area (Å²) in [6.45, 7) is 3.81. The van der Waals surface area contributed by atoms with Crippen molar-refractivity contribution in [3.63, 3.8) is 0 Å². The van der Waals surface area contributed by atoms with Crippen LogP contribution in [0.1, 0.15) is 16.1 Å². The van der Waals surface area contributed by atoms with Crippen LogP contribution < -0.4 is 4.90 Å². The van der Waals surface area contributed by atoms with Crippen LogP contribution in [0.15, 0.2) is 67.4 Å². The summed E-state index contributed by atoms with van der Waals surface area (Å²) in [6.07, 6.45) is 9.24. The normalized spacial score (nSPS) is 14.6. The average molecular weight is 464 g/mol. The highest BCUT2D eigenvalue weighted by molar-refractivity contribution is 5.98. The number of rotatable bonds is 5. The molecule has 35 heavy (non-hydrogen) atoms. The lowest BCUT2D eigenvalue weighted by molar-refractivity contribution is 0.0992. The molecule has 1 aliphatic heterocycles. The van der Waals surface area contributed by atoms with E-state index < -0.39 is 0 Å². The number of likely N-dealkylation sites (N-methyl/N-ethyl adjacent to an activating group) is 1. The van der Waals surface area contributed by atoms with Crippen molar-refractivity contribution in [1.82, 2.24) is 29.8 Å². The number of fused-ring (bicyclic) bond motifs is 2. The van der Waals surface area contributed by atoms with Crippen molar-refractivity contribution in [3.8, 4) is 11.1 Å². The second-order valence-corrected chi connectivity index (χ2v) is 9.02. The minimum absolute atomic E-state index is 0.0279. The summed E-state index contributed by atoms with van der Waals surface area (Å²) in [5, 5.41) is 0.944. The van der Waals surface area contributed by atoms with Crippen molar-refractivity contribution in [3.05, 3.63) is 78.6 Å². The van der Waals surface area contributed by atoms with Gasteiger partial charge < -0.3 is 14.8 Å². The van der Waals surface area contributed by atoms with Crippen LogP contribution in [-0.2, 0) is 6.42 Å². The standard InChI is InChI=1S/C27H25N7O/c1-33-6-8-34(9-7-33)27-13-18(2-4-29-27)26(35)14-22-11-19-10-20(15-32-25(19)17-30-22)21-12-24-23(31-16-21)3-5-28-24/h2-5,10-13,15-17,28H,6-9,14H2,1H3. The van der Waals surface area contributed by atoms with Gasteiger partial charge in [-0.05, 0) is 43.4 Å². The van der Waals surface area contributed by atoms with Gasteiger partial charge in [-0.1, -0.05) is 0 Å². The molecule has 5 aromatic heterocycles. The monoisotopic (exact) mass is 463 g/mol. The number of aromatic amines is 1. The number of Topliss-reactive ketones (excluding diaryl/α,β-unsaturated/α-hetero) is 1. The minimum Gasteiger partial charge on any atom is -0.360 e. The fraction of sp³-hybridized carbons (Fsp3) is 0.222. The van der Waals surface area contributed by atoms with Gasteiger partial charge in [0.2, 0.25) is 0 Å². The smallest absolute Gasteiger partial charge is 0.169 e. The predicted molar refractivity (Wildman–Crippen MR) is 137 cm³/mol. The highest BCUT2D eigenvalue weighted by Crippen LogP contribution is 2.25. The Hall–Kier alpha value is -4.17. The van der Waals surface area contributed by atoms with Crippen molar-refractivity contribution in [2.24, 2.45) is 0 Å². The molecule has 0 spiro atoms. The number of H-pyrrole nitrogens is 1. The van der Waals surface area contributed by atoms with Gasteiger partial charge in [0.15, 0.2) is 5.78 Å². The lowest BCUT2D eigenvalue weighted by Gasteiger charge is -2.33. The van der Waals surface area contributed by atoms with Gasteiger partial charge in [-0.25, -0.2) is 4.98 Å². The lowest BCUT2D eigenvalue weighted by atomic mass is 10.0. The lowest BCUT2D eigenvalue weighted by Crippen LogP contribution is -2.44. The SMILES string of the molecule is CN1CCN(c2cc(C(=O)Cc3cc4cc(-c5cnc6cc[nH]c6c5)cnc4cn3)ccn2)CC1. The van der Waals surface area contributed by atoms with Crippen LogP contribution in [0.2, 0.25) is 0 Å². The van der Waals surface area contributed by atoms with E-state index >= 15 is 0 Å². The van der Waals surface area contributed by atoms with Gasteiger partial charge >= 0.3 is 0 Å². The van der Waals surface area contributed by atoms with E-state index in [1.807, 2.05) is 36.8 Å². The summed E-state index contributed by atoms with van der Waals surface area (Å²) >= 11 is 0. The molecule has 0 aliphatic carbocycles. The largest absolute Gasteiger partial charge is 0.360 e. The molecule has 0 saturated carbocycles. The van der Waals surface area contributed by atoms with E-state index in [0.29, 0.717) is 5.56 Å². The molecule has 6 heterocycles. The fourth-order valence-corrected chi connectivity index (χ4v) is 4.49. The Morgan fingerprint density at radius 1 is 0.886 bits per heavy atom. The first-order chi connectivity index (χ1) is 17.1. The third kappa shape index (κ3) is 4.36. The van der Waals surface area contributed by atoms with E-state index in [0.717, 1.165) is 70.8 Å². The van der Waals surface area contributed by atoms with Crippen LogP contribution in [-0.4, -0.2) is 68.8 Å². The molecule has 0 radical (unpaired) electrons. The molecule has 0 unspecified atom stereocenters. The number of ketones is 1. The quantitative estimate of drug-likeness (QED) is 0.397. The Kier molecular flexibility index (Phi) is 5.42. The second-order valence-electron chi connectivity index (χ2n) is 9.02. The predicted octanol–water partition coefficient (Wildman–Crippen LogP) is 3.75. The molecule has 1 N–H and O–H groups in total. The third-order valence-electron chi connectivity index (χ3n) is 6.59. The van der Waals surface area contributed by atoms with Gasteiger partial charge in [-0.3, -0.25) is 19.7 Å². The summed E-state index contributed by atoms with van der Waals surface area (Å²) < 4.78 is 0. The fourth-order valence-electron chi connectivity index (χ4n) is 4.49. The van der Waals surface area contributed by atoms with Gasteiger partial charge in [0, 0.05) is 78.7 Å². The number of nitrogens with one attached hydrogen (secondary N) is 1. The van der Waals surface area contributed by atoms with Gasteiger partial charge in [0.05, 0.1) is 29.2 Å². The number of hydrogen-bond acceptors (Lipinski definition) is 7. The molecule has 174 valence electrons. The average Bonchev–Trinajstić information content (AvgIpc) is 3.37. The van der Waals surface area contributed by atoms with Crippen LogP contribution in [0.3, 0.4) is 0 Å². The highest BCUT2D eigenvalue weighted by Gasteiger charge is 2.17. The molecular formula is C27H25N7O. The number of hydrogen-bond donors (Lipinski definition) is 1. The maximum atomic E-state index is 13.1. The van der Waals surface area contributed by atoms with E-state index in [4.69, 9.17) is 0 Å². The van der Waals surface area contributed by atoms with Gasteiger partial charge in [-0.15, -0.1) is 0 Å². The van der Waals surface area contributed by atoms with Crippen molar-refractivity contribution in [2.75, 3.05) is 38.1 Å². The van der Waals surface area contributed by atoms with E-state index in [2.05, 4.69) is 53.9 Å². The number of carbonyl (C=O) groups excluding carboxylic acids is 1. The van der Waals surface area contributed by atoms with Crippen LogP contribution in [0.25, 0.3) is 33.1 Å². The molecule has 6 rings (SSSR count). The van der Waals surface area contributed by atoms with Crippen LogP contribution in [0.5, 0.6) is 0 Å². The molecule has 0 aromatic carbocycles. The molecule has 1 aliphatic rings. The highest BCUT2D eigenvalue weighted by atomic mass is 16.1. The van der Waals surface area contributed by atoms with Crippen LogP contribution >= 0.6 is 0 Å². The van der Waals surface area contributed by atoms with E-state index in [-0.39, 0.29) is 12.2 Å². The molecule has 0 atom stereocenters. The van der Waals surface area contributed by atoms with Gasteiger partial charge in [-0.2, -0.15) is 0 Å². The Morgan fingerprint density at radius 2 is 1.69 bits per heavy atom. The first kappa shape index (κ1) is 21.4. The van der Waals surface area contributed by atoms with Crippen molar-refractivity contribution in [2.45, 2.75) is 6.42 Å².